The van der Waals surface area contributed by atoms with E-state index < -0.39 is 0 Å². The molecule has 2 aromatic heterocycles. The number of rotatable bonds is 4. The summed E-state index contributed by atoms with van der Waals surface area (Å²) in [6, 6.07) is 9.00. The number of nitrogens with one attached hydrogen (secondary N) is 1. The van der Waals surface area contributed by atoms with Gasteiger partial charge in [-0.2, -0.15) is 0 Å². The van der Waals surface area contributed by atoms with Crippen LogP contribution in [-0.2, 0) is 0 Å². The summed E-state index contributed by atoms with van der Waals surface area (Å²) in [4.78, 5) is 24.9. The summed E-state index contributed by atoms with van der Waals surface area (Å²) in [5.74, 6) is 0.462. The Hall–Kier alpha value is -2.80. The van der Waals surface area contributed by atoms with Gasteiger partial charge in [0.05, 0.1) is 10.6 Å². The highest BCUT2D eigenvalue weighted by Gasteiger charge is 2.07. The number of carbonyl (C=O) groups is 1. The fourth-order valence-electron chi connectivity index (χ4n) is 1.91. The molecule has 110 valence electrons. The van der Waals surface area contributed by atoms with Crippen LogP contribution in [0.1, 0.15) is 17.3 Å². The van der Waals surface area contributed by atoms with E-state index >= 15 is 0 Å². The lowest BCUT2D eigenvalue weighted by Gasteiger charge is -2.06. The molecule has 2 heterocycles. The molecule has 0 aliphatic carbocycles. The van der Waals surface area contributed by atoms with Crippen molar-refractivity contribution < 1.29 is 4.79 Å². The lowest BCUT2D eigenvalue weighted by Crippen LogP contribution is -1.99. The molecule has 0 spiro atoms. The van der Waals surface area contributed by atoms with Gasteiger partial charge in [0.25, 0.3) is 0 Å². The summed E-state index contributed by atoms with van der Waals surface area (Å²) in [5, 5.41) is 3.59. The van der Waals surface area contributed by atoms with Crippen LogP contribution in [0.3, 0.4) is 0 Å². The van der Waals surface area contributed by atoms with Crippen LogP contribution in [0.4, 0.5) is 16.8 Å². The van der Waals surface area contributed by atoms with Crippen LogP contribution in [-0.4, -0.2) is 20.7 Å². The molecule has 0 unspecified atom stereocenters. The summed E-state index contributed by atoms with van der Waals surface area (Å²) in [6.45, 7) is 1.53. The third-order valence-electron chi connectivity index (χ3n) is 2.96. The number of hydrogen-bond acceptors (Lipinski definition) is 7. The average molecular weight is 311 g/mol. The van der Waals surface area contributed by atoms with E-state index in [4.69, 9.17) is 5.73 Å². The Morgan fingerprint density at radius 1 is 1.27 bits per heavy atom. The monoisotopic (exact) mass is 311 g/mol. The molecule has 0 bridgehead atoms. The fourth-order valence-corrected chi connectivity index (χ4v) is 2.56. The van der Waals surface area contributed by atoms with Gasteiger partial charge in [0.1, 0.15) is 0 Å². The molecule has 0 aliphatic rings. The first-order valence-electron chi connectivity index (χ1n) is 6.54. The summed E-state index contributed by atoms with van der Waals surface area (Å²) in [7, 11) is 0. The second-order valence-electron chi connectivity index (χ2n) is 4.59. The van der Waals surface area contributed by atoms with E-state index in [1.54, 1.807) is 30.6 Å². The van der Waals surface area contributed by atoms with Crippen molar-refractivity contribution in [1.82, 2.24) is 15.0 Å². The summed E-state index contributed by atoms with van der Waals surface area (Å²) < 4.78 is 0. The number of benzene rings is 1. The minimum Gasteiger partial charge on any atom is -0.375 e. The molecular weight excluding hydrogens is 298 g/mol. The molecule has 0 radical (unpaired) electrons. The Morgan fingerprint density at radius 2 is 2.14 bits per heavy atom. The molecule has 0 saturated carbocycles. The maximum Gasteiger partial charge on any atom is 0.227 e. The predicted molar refractivity (Wildman–Crippen MR) is 87.3 cm³/mol. The standard InChI is InChI=1S/C15H13N5OS/c1-9(21)10-3-2-4-11(7-10)19-15-17-6-5-12(20-15)13-8-18-14(16)22-13/h2-8H,1H3,(H2,16,18)(H,17,19,20). The van der Waals surface area contributed by atoms with Gasteiger partial charge in [-0.15, -0.1) is 0 Å². The molecule has 7 heteroatoms. The largest absolute Gasteiger partial charge is 0.375 e. The number of ketones is 1. The van der Waals surface area contributed by atoms with Crippen molar-refractivity contribution in [2.75, 3.05) is 11.1 Å². The summed E-state index contributed by atoms with van der Waals surface area (Å²) in [6.07, 6.45) is 3.35. The van der Waals surface area contributed by atoms with E-state index in [0.29, 0.717) is 16.6 Å². The Balaban J connectivity index is 1.87. The van der Waals surface area contributed by atoms with Crippen LogP contribution in [0.15, 0.2) is 42.7 Å². The maximum atomic E-state index is 11.4. The molecule has 1 aromatic carbocycles. The highest BCUT2D eigenvalue weighted by atomic mass is 32.1. The number of carbonyl (C=O) groups excluding carboxylic acids is 1. The van der Waals surface area contributed by atoms with Crippen molar-refractivity contribution in [2.24, 2.45) is 0 Å². The number of thiazole rings is 1. The smallest absolute Gasteiger partial charge is 0.227 e. The first kappa shape index (κ1) is 14.2. The van der Waals surface area contributed by atoms with Gasteiger partial charge < -0.3 is 11.1 Å². The first-order chi connectivity index (χ1) is 10.6. The van der Waals surface area contributed by atoms with Crippen molar-refractivity contribution in [2.45, 2.75) is 6.92 Å². The van der Waals surface area contributed by atoms with E-state index in [2.05, 4.69) is 20.3 Å². The van der Waals surface area contributed by atoms with Crippen molar-refractivity contribution >= 4 is 33.9 Å². The Bertz CT molecular complexity index is 830. The highest BCUT2D eigenvalue weighted by Crippen LogP contribution is 2.26. The third kappa shape index (κ3) is 3.09. The number of anilines is 3. The molecule has 0 aliphatic heterocycles. The van der Waals surface area contributed by atoms with Crippen LogP contribution in [0.25, 0.3) is 10.6 Å². The van der Waals surface area contributed by atoms with Crippen LogP contribution >= 0.6 is 11.3 Å². The average Bonchev–Trinajstić information content (AvgIpc) is 2.94. The van der Waals surface area contributed by atoms with Crippen LogP contribution in [0, 0.1) is 0 Å². The summed E-state index contributed by atoms with van der Waals surface area (Å²) in [5.41, 5.74) is 7.78. The van der Waals surface area contributed by atoms with Crippen molar-refractivity contribution in [3.8, 4) is 10.6 Å². The fraction of sp³-hybridized carbons (Fsp3) is 0.0667. The van der Waals surface area contributed by atoms with E-state index in [1.807, 2.05) is 12.1 Å². The van der Waals surface area contributed by atoms with Gasteiger partial charge in [0.15, 0.2) is 10.9 Å². The maximum absolute atomic E-state index is 11.4. The Morgan fingerprint density at radius 3 is 2.86 bits per heavy atom. The van der Waals surface area contributed by atoms with Gasteiger partial charge in [0.2, 0.25) is 5.95 Å². The van der Waals surface area contributed by atoms with Gasteiger partial charge in [-0.1, -0.05) is 23.5 Å². The molecule has 3 N–H and O–H groups in total. The minimum absolute atomic E-state index is 0.0125. The normalized spacial score (nSPS) is 10.4. The van der Waals surface area contributed by atoms with E-state index in [9.17, 15) is 4.79 Å². The van der Waals surface area contributed by atoms with E-state index in [1.165, 1.54) is 18.3 Å². The quantitative estimate of drug-likeness (QED) is 0.719. The molecule has 0 saturated heterocycles. The molecule has 3 rings (SSSR count). The third-order valence-corrected chi connectivity index (χ3v) is 3.81. The van der Waals surface area contributed by atoms with Crippen molar-refractivity contribution in [3.63, 3.8) is 0 Å². The number of Topliss-reactive ketones (excluding diaryl/α,β-unsaturated/α-hetero) is 1. The van der Waals surface area contributed by atoms with Gasteiger partial charge in [-0.3, -0.25) is 4.79 Å². The predicted octanol–water partition coefficient (Wildman–Crippen LogP) is 3.13. The van der Waals surface area contributed by atoms with Crippen LogP contribution < -0.4 is 11.1 Å². The minimum atomic E-state index is 0.0125. The lowest BCUT2D eigenvalue weighted by molar-refractivity contribution is 0.101. The number of hydrogen-bond donors (Lipinski definition) is 2. The van der Waals surface area contributed by atoms with Crippen LogP contribution in [0.5, 0.6) is 0 Å². The molecule has 0 atom stereocenters. The molecule has 22 heavy (non-hydrogen) atoms. The molecule has 0 fully saturated rings. The number of aromatic nitrogens is 3. The molecule has 6 nitrogen and oxygen atoms in total. The zero-order valence-electron chi connectivity index (χ0n) is 11.8. The Labute approximate surface area is 131 Å². The number of nitrogen functional groups attached to an aromatic ring is 1. The van der Waals surface area contributed by atoms with Crippen molar-refractivity contribution in [3.05, 3.63) is 48.3 Å². The van der Waals surface area contributed by atoms with E-state index in [0.717, 1.165) is 16.3 Å². The topological polar surface area (TPSA) is 93.8 Å². The number of nitrogens with two attached hydrogens (primary N) is 1. The van der Waals surface area contributed by atoms with Gasteiger partial charge in [-0.25, -0.2) is 15.0 Å². The number of nitrogens with zero attached hydrogens (tertiary/aromatic N) is 3. The molecular formula is C15H13N5OS. The Kier molecular flexibility index (Phi) is 3.80. The van der Waals surface area contributed by atoms with Gasteiger partial charge >= 0.3 is 0 Å². The van der Waals surface area contributed by atoms with E-state index in [-0.39, 0.29) is 5.78 Å². The zero-order chi connectivity index (χ0) is 15.5. The SMILES string of the molecule is CC(=O)c1cccc(Nc2nccc(-c3cnc(N)s3)n2)c1. The molecule has 3 aromatic rings. The lowest BCUT2D eigenvalue weighted by atomic mass is 10.1. The second-order valence-corrected chi connectivity index (χ2v) is 5.65. The van der Waals surface area contributed by atoms with Gasteiger partial charge in [0, 0.05) is 23.6 Å². The second kappa shape index (κ2) is 5.90. The molecule has 0 amide bonds. The highest BCUT2D eigenvalue weighted by molar-refractivity contribution is 7.18. The summed E-state index contributed by atoms with van der Waals surface area (Å²) >= 11 is 1.37. The van der Waals surface area contributed by atoms with Crippen molar-refractivity contribution in [1.29, 1.82) is 0 Å². The first-order valence-corrected chi connectivity index (χ1v) is 7.36. The zero-order valence-corrected chi connectivity index (χ0v) is 12.6. The van der Waals surface area contributed by atoms with Gasteiger partial charge in [-0.05, 0) is 25.1 Å². The van der Waals surface area contributed by atoms with Crippen LogP contribution in [0.2, 0.25) is 0 Å².